The van der Waals surface area contributed by atoms with E-state index in [2.05, 4.69) is 10.4 Å². The van der Waals surface area contributed by atoms with Crippen LogP contribution in [-0.2, 0) is 6.54 Å². The normalized spacial score (nSPS) is 10.5. The second kappa shape index (κ2) is 5.63. The summed E-state index contributed by atoms with van der Waals surface area (Å²) in [5.41, 5.74) is 1.78. The van der Waals surface area contributed by atoms with E-state index in [1.807, 2.05) is 19.9 Å². The van der Waals surface area contributed by atoms with Crippen LogP contribution in [0.1, 0.15) is 23.0 Å². The van der Waals surface area contributed by atoms with E-state index in [4.69, 9.17) is 23.2 Å². The van der Waals surface area contributed by atoms with Crippen LogP contribution in [0.25, 0.3) is 0 Å². The Balaban J connectivity index is 2.25. The van der Waals surface area contributed by atoms with Gasteiger partial charge in [0.2, 0.25) is 0 Å². The van der Waals surface area contributed by atoms with Crippen LogP contribution in [0.2, 0.25) is 10.0 Å². The Morgan fingerprint density at radius 2 is 2.16 bits per heavy atom. The molecular weight excluding hydrogens is 285 g/mol. The minimum absolute atomic E-state index is 0.211. The molecular formula is C13H13Cl2N3O. The van der Waals surface area contributed by atoms with Crippen molar-refractivity contribution in [3.8, 4) is 0 Å². The van der Waals surface area contributed by atoms with Crippen LogP contribution < -0.4 is 5.32 Å². The number of aryl methyl sites for hydroxylation is 2. The van der Waals surface area contributed by atoms with Gasteiger partial charge in [0.05, 0.1) is 5.02 Å². The smallest absolute Gasteiger partial charge is 0.277 e. The number of benzene rings is 1. The molecule has 0 unspecified atom stereocenters. The molecule has 6 heteroatoms. The van der Waals surface area contributed by atoms with Gasteiger partial charge in [0.15, 0.2) is 5.69 Å². The molecule has 100 valence electrons. The van der Waals surface area contributed by atoms with Gasteiger partial charge in [0.25, 0.3) is 5.91 Å². The van der Waals surface area contributed by atoms with Gasteiger partial charge in [-0.3, -0.25) is 9.48 Å². The van der Waals surface area contributed by atoms with Crippen molar-refractivity contribution in [1.82, 2.24) is 9.78 Å². The molecule has 19 heavy (non-hydrogen) atoms. The fraction of sp³-hybridized carbons (Fsp3) is 0.231. The average molecular weight is 298 g/mol. The van der Waals surface area contributed by atoms with Gasteiger partial charge in [-0.2, -0.15) is 5.10 Å². The van der Waals surface area contributed by atoms with E-state index in [1.165, 1.54) is 0 Å². The molecule has 1 heterocycles. The number of nitrogens with zero attached hydrogens (tertiary/aromatic N) is 2. The molecule has 0 fully saturated rings. The first-order chi connectivity index (χ1) is 9.01. The predicted octanol–water partition coefficient (Wildman–Crippen LogP) is 3.77. The number of aromatic nitrogens is 2. The van der Waals surface area contributed by atoms with Crippen molar-refractivity contribution < 1.29 is 4.79 Å². The lowest BCUT2D eigenvalue weighted by Crippen LogP contribution is -2.14. The standard InChI is InChI=1S/C13H13Cl2N3O/c1-3-18-7-10(15)12(17-18)13(19)16-11-6-9(14)5-4-8(11)2/h4-7H,3H2,1-2H3,(H,16,19). The second-order valence-electron chi connectivity index (χ2n) is 4.09. The molecule has 4 nitrogen and oxygen atoms in total. The summed E-state index contributed by atoms with van der Waals surface area (Å²) in [7, 11) is 0. The summed E-state index contributed by atoms with van der Waals surface area (Å²) in [6.07, 6.45) is 1.63. The molecule has 0 aliphatic carbocycles. The molecule has 0 bridgehead atoms. The van der Waals surface area contributed by atoms with Gasteiger partial charge in [-0.15, -0.1) is 0 Å². The fourth-order valence-corrected chi connectivity index (χ4v) is 2.03. The van der Waals surface area contributed by atoms with Crippen molar-refractivity contribution in [2.75, 3.05) is 5.32 Å². The fourth-order valence-electron chi connectivity index (χ4n) is 1.62. The Morgan fingerprint density at radius 1 is 1.42 bits per heavy atom. The minimum atomic E-state index is -0.345. The van der Waals surface area contributed by atoms with Crippen molar-refractivity contribution in [2.45, 2.75) is 20.4 Å². The van der Waals surface area contributed by atoms with Crippen molar-refractivity contribution in [3.05, 3.63) is 45.7 Å². The zero-order valence-corrected chi connectivity index (χ0v) is 12.1. The van der Waals surface area contributed by atoms with Gasteiger partial charge in [0.1, 0.15) is 0 Å². The summed E-state index contributed by atoms with van der Waals surface area (Å²) in [5.74, 6) is -0.345. The third kappa shape index (κ3) is 3.08. The van der Waals surface area contributed by atoms with Gasteiger partial charge in [-0.05, 0) is 31.5 Å². The monoisotopic (exact) mass is 297 g/mol. The highest BCUT2D eigenvalue weighted by molar-refractivity contribution is 6.34. The number of amides is 1. The molecule has 0 radical (unpaired) electrons. The Morgan fingerprint density at radius 3 is 2.79 bits per heavy atom. The third-order valence-electron chi connectivity index (χ3n) is 2.70. The lowest BCUT2D eigenvalue weighted by molar-refractivity contribution is 0.102. The molecule has 1 aromatic carbocycles. The number of carbonyl (C=O) groups is 1. The number of anilines is 1. The van der Waals surface area contributed by atoms with Gasteiger partial charge in [-0.25, -0.2) is 0 Å². The van der Waals surface area contributed by atoms with E-state index in [1.54, 1.807) is 23.0 Å². The molecule has 0 saturated heterocycles. The molecule has 1 aromatic heterocycles. The first-order valence-corrected chi connectivity index (χ1v) is 6.57. The van der Waals surface area contributed by atoms with Crippen LogP contribution in [0, 0.1) is 6.92 Å². The summed E-state index contributed by atoms with van der Waals surface area (Å²) in [6.45, 7) is 4.47. The summed E-state index contributed by atoms with van der Waals surface area (Å²) >= 11 is 11.9. The number of halogens is 2. The van der Waals surface area contributed by atoms with Gasteiger partial charge >= 0.3 is 0 Å². The molecule has 2 rings (SSSR count). The number of rotatable bonds is 3. The zero-order chi connectivity index (χ0) is 14.0. The number of hydrogen-bond donors (Lipinski definition) is 1. The van der Waals surface area contributed by atoms with E-state index in [-0.39, 0.29) is 11.6 Å². The first-order valence-electron chi connectivity index (χ1n) is 5.81. The van der Waals surface area contributed by atoms with Crippen LogP contribution >= 0.6 is 23.2 Å². The van der Waals surface area contributed by atoms with Crippen molar-refractivity contribution >= 4 is 34.8 Å². The second-order valence-corrected chi connectivity index (χ2v) is 4.94. The zero-order valence-electron chi connectivity index (χ0n) is 10.6. The lowest BCUT2D eigenvalue weighted by Gasteiger charge is -2.07. The topological polar surface area (TPSA) is 46.9 Å². The Hall–Kier alpha value is -1.52. The first kappa shape index (κ1) is 13.9. The maximum absolute atomic E-state index is 12.1. The van der Waals surface area contributed by atoms with Crippen LogP contribution in [0.3, 0.4) is 0 Å². The number of carbonyl (C=O) groups excluding carboxylic acids is 1. The molecule has 0 aliphatic rings. The molecule has 0 aliphatic heterocycles. The summed E-state index contributed by atoms with van der Waals surface area (Å²) in [6, 6.07) is 5.30. The summed E-state index contributed by atoms with van der Waals surface area (Å²) in [5, 5.41) is 7.77. The Bertz CT molecular complexity index is 622. The third-order valence-corrected chi connectivity index (χ3v) is 3.22. The number of nitrogens with one attached hydrogen (secondary N) is 1. The summed E-state index contributed by atoms with van der Waals surface area (Å²) in [4.78, 5) is 12.1. The lowest BCUT2D eigenvalue weighted by atomic mass is 10.2. The van der Waals surface area contributed by atoms with E-state index in [0.29, 0.717) is 22.3 Å². The van der Waals surface area contributed by atoms with Crippen LogP contribution in [0.5, 0.6) is 0 Å². The SMILES string of the molecule is CCn1cc(Cl)c(C(=O)Nc2cc(Cl)ccc2C)n1. The summed E-state index contributed by atoms with van der Waals surface area (Å²) < 4.78 is 1.61. The van der Waals surface area contributed by atoms with E-state index in [9.17, 15) is 4.79 Å². The molecule has 2 aromatic rings. The van der Waals surface area contributed by atoms with E-state index >= 15 is 0 Å². The van der Waals surface area contributed by atoms with Crippen molar-refractivity contribution in [2.24, 2.45) is 0 Å². The van der Waals surface area contributed by atoms with Gasteiger partial charge in [0, 0.05) is 23.5 Å². The van der Waals surface area contributed by atoms with E-state index in [0.717, 1.165) is 5.56 Å². The van der Waals surface area contributed by atoms with Gasteiger partial charge < -0.3 is 5.32 Å². The minimum Gasteiger partial charge on any atom is -0.320 e. The highest BCUT2D eigenvalue weighted by atomic mass is 35.5. The van der Waals surface area contributed by atoms with Crippen molar-refractivity contribution in [3.63, 3.8) is 0 Å². The molecule has 1 amide bonds. The van der Waals surface area contributed by atoms with Crippen molar-refractivity contribution in [1.29, 1.82) is 0 Å². The predicted molar refractivity (Wildman–Crippen MR) is 77.1 cm³/mol. The molecule has 0 atom stereocenters. The average Bonchev–Trinajstić information content (AvgIpc) is 2.75. The molecule has 0 spiro atoms. The van der Waals surface area contributed by atoms with Crippen LogP contribution in [-0.4, -0.2) is 15.7 Å². The Kier molecular flexibility index (Phi) is 4.12. The largest absolute Gasteiger partial charge is 0.320 e. The van der Waals surface area contributed by atoms with Crippen LogP contribution in [0.15, 0.2) is 24.4 Å². The number of hydrogen-bond acceptors (Lipinski definition) is 2. The van der Waals surface area contributed by atoms with Gasteiger partial charge in [-0.1, -0.05) is 29.3 Å². The maximum Gasteiger partial charge on any atom is 0.277 e. The molecule has 0 saturated carbocycles. The highest BCUT2D eigenvalue weighted by Gasteiger charge is 2.16. The quantitative estimate of drug-likeness (QED) is 0.937. The Labute approximate surface area is 121 Å². The highest BCUT2D eigenvalue weighted by Crippen LogP contribution is 2.22. The molecule has 1 N–H and O–H groups in total. The van der Waals surface area contributed by atoms with E-state index < -0.39 is 0 Å². The maximum atomic E-state index is 12.1. The van der Waals surface area contributed by atoms with Crippen LogP contribution in [0.4, 0.5) is 5.69 Å².